The van der Waals surface area contributed by atoms with Gasteiger partial charge in [-0.2, -0.15) is 0 Å². The number of hydrogen-bond donors (Lipinski definition) is 2. The molecular formula is C14H22ClN3. The van der Waals surface area contributed by atoms with Gasteiger partial charge in [0.05, 0.1) is 10.7 Å². The first-order chi connectivity index (χ1) is 8.56. The summed E-state index contributed by atoms with van der Waals surface area (Å²) in [7, 11) is 0. The Balaban J connectivity index is 0.000000771. The van der Waals surface area contributed by atoms with E-state index in [2.05, 4.69) is 17.2 Å². The van der Waals surface area contributed by atoms with E-state index in [-0.39, 0.29) is 0 Å². The van der Waals surface area contributed by atoms with Crippen LogP contribution in [0.2, 0.25) is 5.02 Å². The Morgan fingerprint density at radius 1 is 1.39 bits per heavy atom. The fourth-order valence-corrected chi connectivity index (χ4v) is 2.04. The first-order valence-corrected chi connectivity index (χ1v) is 6.83. The molecule has 0 saturated carbocycles. The zero-order valence-electron chi connectivity index (χ0n) is 11.5. The molecule has 0 aromatic heterocycles. The van der Waals surface area contributed by atoms with Crippen molar-refractivity contribution in [2.45, 2.75) is 46.6 Å². The van der Waals surface area contributed by atoms with Gasteiger partial charge >= 0.3 is 0 Å². The maximum atomic E-state index is 6.14. The van der Waals surface area contributed by atoms with Gasteiger partial charge in [-0.05, 0) is 38.0 Å². The number of nitrogens with zero attached hydrogens (tertiary/aromatic N) is 1. The lowest BCUT2D eigenvalue weighted by Gasteiger charge is -2.10. The maximum Gasteiger partial charge on any atom is 0.101 e. The van der Waals surface area contributed by atoms with E-state index in [1.54, 1.807) is 0 Å². The van der Waals surface area contributed by atoms with Crippen LogP contribution in [0.4, 0.5) is 11.4 Å². The Hall–Kier alpha value is -1.22. The molecule has 1 heterocycles. The van der Waals surface area contributed by atoms with Crippen molar-refractivity contribution in [3.05, 3.63) is 22.7 Å². The highest BCUT2D eigenvalue weighted by molar-refractivity contribution is 6.34. The van der Waals surface area contributed by atoms with Gasteiger partial charge < -0.3 is 11.1 Å². The smallest absolute Gasteiger partial charge is 0.101 e. The van der Waals surface area contributed by atoms with Crippen LogP contribution in [0.3, 0.4) is 0 Å². The van der Waals surface area contributed by atoms with E-state index in [0.29, 0.717) is 11.1 Å². The van der Waals surface area contributed by atoms with Crippen LogP contribution < -0.4 is 11.1 Å². The standard InChI is InChI=1S/C12H16ClN3.C2H6/c1-7-5-9(13)11(6-10(7)14)16-12-4-3-8(2)15-12;1-2/h5-6,8H,3-4,14H2,1-2H3,(H,15,16);1-2H3. The quantitative estimate of drug-likeness (QED) is 0.748. The number of aliphatic imine (C=N–C) groups is 1. The van der Waals surface area contributed by atoms with Crippen molar-refractivity contribution in [3.63, 3.8) is 0 Å². The van der Waals surface area contributed by atoms with Crippen LogP contribution in [0.25, 0.3) is 0 Å². The van der Waals surface area contributed by atoms with Gasteiger partial charge in [-0.25, -0.2) is 0 Å². The average Bonchev–Trinajstić information content (AvgIpc) is 2.74. The molecule has 2 rings (SSSR count). The Morgan fingerprint density at radius 2 is 2.06 bits per heavy atom. The first-order valence-electron chi connectivity index (χ1n) is 6.45. The predicted octanol–water partition coefficient (Wildman–Crippen LogP) is 4.25. The molecule has 0 bridgehead atoms. The fraction of sp³-hybridized carbons (Fsp3) is 0.500. The Kier molecular flexibility index (Phi) is 5.48. The minimum absolute atomic E-state index is 0.407. The monoisotopic (exact) mass is 267 g/mol. The van der Waals surface area contributed by atoms with Crippen LogP contribution in [-0.4, -0.2) is 11.9 Å². The number of hydrogen-bond acceptors (Lipinski definition) is 3. The highest BCUT2D eigenvalue weighted by Crippen LogP contribution is 2.28. The number of nitrogens with one attached hydrogen (secondary N) is 1. The molecule has 1 atom stereocenters. The molecule has 4 heteroatoms. The number of amidine groups is 1. The number of nitrogens with two attached hydrogens (primary N) is 1. The van der Waals surface area contributed by atoms with Crippen LogP contribution in [0.5, 0.6) is 0 Å². The third-order valence-corrected chi connectivity index (χ3v) is 3.12. The first kappa shape index (κ1) is 14.8. The van der Waals surface area contributed by atoms with Crippen LogP contribution in [0, 0.1) is 6.92 Å². The van der Waals surface area contributed by atoms with Gasteiger partial charge in [0.15, 0.2) is 0 Å². The lowest BCUT2D eigenvalue weighted by Crippen LogP contribution is -2.09. The molecule has 3 nitrogen and oxygen atoms in total. The second-order valence-electron chi connectivity index (χ2n) is 4.28. The zero-order chi connectivity index (χ0) is 13.7. The normalized spacial score (nSPS) is 17.8. The molecule has 1 unspecified atom stereocenters. The zero-order valence-corrected chi connectivity index (χ0v) is 12.3. The van der Waals surface area contributed by atoms with E-state index < -0.39 is 0 Å². The fourth-order valence-electron chi connectivity index (χ4n) is 1.78. The van der Waals surface area contributed by atoms with E-state index in [9.17, 15) is 0 Å². The van der Waals surface area contributed by atoms with Crippen LogP contribution in [0.15, 0.2) is 17.1 Å². The molecule has 0 fully saturated rings. The third kappa shape index (κ3) is 3.64. The minimum Gasteiger partial charge on any atom is -0.398 e. The van der Waals surface area contributed by atoms with Crippen LogP contribution in [0.1, 0.15) is 39.2 Å². The Morgan fingerprint density at radius 3 is 2.61 bits per heavy atom. The number of rotatable bonds is 1. The molecule has 1 aromatic rings. The van der Waals surface area contributed by atoms with Crippen molar-refractivity contribution >= 4 is 28.8 Å². The highest BCUT2D eigenvalue weighted by Gasteiger charge is 2.14. The number of anilines is 2. The summed E-state index contributed by atoms with van der Waals surface area (Å²) < 4.78 is 0. The van der Waals surface area contributed by atoms with Gasteiger partial charge in [-0.3, -0.25) is 4.99 Å². The summed E-state index contributed by atoms with van der Waals surface area (Å²) in [5.41, 5.74) is 8.44. The lowest BCUT2D eigenvalue weighted by atomic mass is 10.2. The molecule has 100 valence electrons. The highest BCUT2D eigenvalue weighted by atomic mass is 35.5. The number of nitrogen functional groups attached to an aromatic ring is 1. The van der Waals surface area contributed by atoms with Gasteiger partial charge in [0.1, 0.15) is 5.84 Å². The molecule has 0 radical (unpaired) electrons. The second-order valence-corrected chi connectivity index (χ2v) is 4.68. The van der Waals surface area contributed by atoms with E-state index in [4.69, 9.17) is 17.3 Å². The number of aryl methyl sites for hydroxylation is 1. The summed E-state index contributed by atoms with van der Waals surface area (Å²) in [6, 6.07) is 4.14. The SMILES string of the molecule is CC.Cc1cc(Cl)c(NC2=NC(C)CC2)cc1N. The minimum atomic E-state index is 0.407. The van der Waals surface area contributed by atoms with Gasteiger partial charge in [-0.1, -0.05) is 25.4 Å². The maximum absolute atomic E-state index is 6.14. The average molecular weight is 268 g/mol. The second kappa shape index (κ2) is 6.64. The lowest BCUT2D eigenvalue weighted by molar-refractivity contribution is 0.739. The Labute approximate surface area is 114 Å². The summed E-state index contributed by atoms with van der Waals surface area (Å²) in [5, 5.41) is 3.93. The van der Waals surface area contributed by atoms with Crippen molar-refractivity contribution in [2.75, 3.05) is 11.1 Å². The molecule has 0 spiro atoms. The third-order valence-electron chi connectivity index (χ3n) is 2.81. The predicted molar refractivity (Wildman–Crippen MR) is 81.7 cm³/mol. The van der Waals surface area contributed by atoms with Crippen molar-refractivity contribution in [2.24, 2.45) is 4.99 Å². The van der Waals surface area contributed by atoms with Gasteiger partial charge in [0.25, 0.3) is 0 Å². The van der Waals surface area contributed by atoms with Crippen LogP contribution >= 0.6 is 11.6 Å². The molecule has 0 amide bonds. The number of benzene rings is 1. The largest absolute Gasteiger partial charge is 0.398 e. The molecule has 1 aliphatic heterocycles. The van der Waals surface area contributed by atoms with E-state index >= 15 is 0 Å². The van der Waals surface area contributed by atoms with E-state index in [0.717, 1.165) is 35.6 Å². The summed E-state index contributed by atoms with van der Waals surface area (Å²) in [6.07, 6.45) is 2.08. The summed E-state index contributed by atoms with van der Waals surface area (Å²) in [4.78, 5) is 4.48. The summed E-state index contributed by atoms with van der Waals surface area (Å²) in [6.45, 7) is 8.06. The number of halogens is 1. The molecule has 0 saturated heterocycles. The van der Waals surface area contributed by atoms with Gasteiger partial charge in [0.2, 0.25) is 0 Å². The van der Waals surface area contributed by atoms with Crippen molar-refractivity contribution < 1.29 is 0 Å². The topological polar surface area (TPSA) is 50.4 Å². The van der Waals surface area contributed by atoms with Gasteiger partial charge in [-0.15, -0.1) is 0 Å². The van der Waals surface area contributed by atoms with Crippen LogP contribution in [-0.2, 0) is 0 Å². The Bertz CT molecular complexity index is 441. The molecule has 3 N–H and O–H groups in total. The van der Waals surface area contributed by atoms with Gasteiger partial charge in [0, 0.05) is 18.2 Å². The van der Waals surface area contributed by atoms with E-state index in [1.807, 2.05) is 32.9 Å². The van der Waals surface area contributed by atoms with Crippen molar-refractivity contribution in [3.8, 4) is 0 Å². The molecule has 1 aliphatic rings. The molecule has 0 aliphatic carbocycles. The van der Waals surface area contributed by atoms with Crippen molar-refractivity contribution in [1.29, 1.82) is 0 Å². The van der Waals surface area contributed by atoms with E-state index in [1.165, 1.54) is 0 Å². The molecule has 1 aromatic carbocycles. The molecular weight excluding hydrogens is 246 g/mol. The summed E-state index contributed by atoms with van der Waals surface area (Å²) >= 11 is 6.14. The molecule has 18 heavy (non-hydrogen) atoms. The van der Waals surface area contributed by atoms with Crippen molar-refractivity contribution in [1.82, 2.24) is 0 Å². The summed E-state index contributed by atoms with van der Waals surface area (Å²) in [5.74, 6) is 0.998.